The van der Waals surface area contributed by atoms with Crippen LogP contribution in [0.25, 0.3) is 0 Å². The molecule has 0 saturated heterocycles. The Hall–Kier alpha value is -2.13. The molecule has 23 heavy (non-hydrogen) atoms. The summed E-state index contributed by atoms with van der Waals surface area (Å²) in [5.41, 5.74) is 0.113. The number of carboxylic acids is 1. The molecule has 128 valence electrons. The van der Waals surface area contributed by atoms with Gasteiger partial charge in [0.25, 0.3) is 0 Å². The Morgan fingerprint density at radius 3 is 2.26 bits per heavy atom. The largest absolute Gasteiger partial charge is 0.495 e. The van der Waals surface area contributed by atoms with Gasteiger partial charge in [-0.1, -0.05) is 13.8 Å². The first-order chi connectivity index (χ1) is 10.6. The summed E-state index contributed by atoms with van der Waals surface area (Å²) in [6, 6.07) is 2.34. The van der Waals surface area contributed by atoms with E-state index in [1.165, 1.54) is 26.4 Å². The van der Waals surface area contributed by atoms with Crippen LogP contribution in [0.1, 0.15) is 24.2 Å². The maximum Gasteiger partial charge on any atom is 0.337 e. The van der Waals surface area contributed by atoms with Gasteiger partial charge in [-0.2, -0.15) is 4.72 Å². The van der Waals surface area contributed by atoms with Crippen LogP contribution in [0, 0.1) is 5.92 Å². The summed E-state index contributed by atoms with van der Waals surface area (Å²) >= 11 is 0. The highest BCUT2D eigenvalue weighted by atomic mass is 32.2. The van der Waals surface area contributed by atoms with E-state index in [-0.39, 0.29) is 16.2 Å². The number of methoxy groups -OCH3 is 2. The van der Waals surface area contributed by atoms with Gasteiger partial charge in [0, 0.05) is 0 Å². The molecule has 1 atom stereocenters. The van der Waals surface area contributed by atoms with Crippen molar-refractivity contribution in [2.75, 3.05) is 14.2 Å². The number of carboxylic acid groups (broad SMARTS) is 1. The molecule has 0 radical (unpaired) electrons. The summed E-state index contributed by atoms with van der Waals surface area (Å²) in [5, 5.41) is 9.11. The normalized spacial score (nSPS) is 12.7. The number of sulfonamides is 1. The second kappa shape index (κ2) is 7.42. The van der Waals surface area contributed by atoms with E-state index < -0.39 is 33.9 Å². The van der Waals surface area contributed by atoms with Crippen molar-refractivity contribution in [1.82, 2.24) is 4.72 Å². The molecule has 0 aromatic heterocycles. The smallest absolute Gasteiger partial charge is 0.337 e. The Morgan fingerprint density at radius 1 is 1.22 bits per heavy atom. The predicted octanol–water partition coefficient (Wildman–Crippen LogP) is 0.869. The third-order valence-electron chi connectivity index (χ3n) is 3.09. The maximum absolute atomic E-state index is 12.4. The van der Waals surface area contributed by atoms with E-state index >= 15 is 0 Å². The molecule has 0 aliphatic heterocycles. The molecule has 0 unspecified atom stereocenters. The lowest BCUT2D eigenvalue weighted by Gasteiger charge is -2.19. The number of ether oxygens (including phenoxy) is 2. The number of aliphatic carboxylic acids is 1. The zero-order chi connectivity index (χ0) is 17.8. The quantitative estimate of drug-likeness (QED) is 0.704. The van der Waals surface area contributed by atoms with Crippen LogP contribution in [0.15, 0.2) is 23.1 Å². The third kappa shape index (κ3) is 4.42. The summed E-state index contributed by atoms with van der Waals surface area (Å²) in [6.45, 7) is 3.16. The highest BCUT2D eigenvalue weighted by molar-refractivity contribution is 7.89. The fourth-order valence-corrected chi connectivity index (χ4v) is 3.33. The van der Waals surface area contributed by atoms with Crippen molar-refractivity contribution in [2.45, 2.75) is 24.8 Å². The zero-order valence-electron chi connectivity index (χ0n) is 13.2. The molecule has 9 heteroatoms. The van der Waals surface area contributed by atoms with Gasteiger partial charge >= 0.3 is 11.9 Å². The minimum absolute atomic E-state index is 0.0895. The standard InChI is InChI=1S/C14H19NO7S/c1-8(2)12(13(16)17)15-23(19,20)11-6-5-9(14(18)22-4)7-10(11)21-3/h5-8,12,15H,1-4H3,(H,16,17)/t12-/m0/s1. The van der Waals surface area contributed by atoms with Crippen molar-refractivity contribution in [3.8, 4) is 5.75 Å². The molecule has 0 fully saturated rings. The lowest BCUT2D eigenvalue weighted by Crippen LogP contribution is -2.44. The Kier molecular flexibility index (Phi) is 6.11. The maximum atomic E-state index is 12.4. The van der Waals surface area contributed by atoms with Gasteiger partial charge in [0.2, 0.25) is 10.0 Å². The topological polar surface area (TPSA) is 119 Å². The van der Waals surface area contributed by atoms with Crippen LogP contribution in [0.3, 0.4) is 0 Å². The first-order valence-electron chi connectivity index (χ1n) is 6.65. The van der Waals surface area contributed by atoms with E-state index in [4.69, 9.17) is 9.84 Å². The lowest BCUT2D eigenvalue weighted by atomic mass is 10.1. The van der Waals surface area contributed by atoms with Crippen molar-refractivity contribution in [2.24, 2.45) is 5.92 Å². The average Bonchev–Trinajstić information content (AvgIpc) is 2.50. The Bertz CT molecular complexity index is 697. The van der Waals surface area contributed by atoms with Gasteiger partial charge in [0.1, 0.15) is 16.7 Å². The Labute approximate surface area is 134 Å². The number of esters is 1. The lowest BCUT2D eigenvalue weighted by molar-refractivity contribution is -0.140. The third-order valence-corrected chi connectivity index (χ3v) is 4.57. The first kappa shape index (κ1) is 18.9. The van der Waals surface area contributed by atoms with Gasteiger partial charge < -0.3 is 14.6 Å². The van der Waals surface area contributed by atoms with Crippen molar-refractivity contribution >= 4 is 22.0 Å². The van der Waals surface area contributed by atoms with Crippen LogP contribution in [0.2, 0.25) is 0 Å². The molecule has 0 aliphatic carbocycles. The number of nitrogens with one attached hydrogen (secondary N) is 1. The van der Waals surface area contributed by atoms with Gasteiger partial charge in [-0.05, 0) is 24.1 Å². The highest BCUT2D eigenvalue weighted by Gasteiger charge is 2.30. The van der Waals surface area contributed by atoms with Crippen molar-refractivity contribution < 1.29 is 32.6 Å². The molecular weight excluding hydrogens is 326 g/mol. The molecule has 0 aliphatic rings. The van der Waals surface area contributed by atoms with Crippen molar-refractivity contribution in [3.63, 3.8) is 0 Å². The predicted molar refractivity (Wildman–Crippen MR) is 80.9 cm³/mol. The number of carbonyl (C=O) groups excluding carboxylic acids is 1. The molecule has 1 aromatic rings. The number of hydrogen-bond acceptors (Lipinski definition) is 6. The van der Waals surface area contributed by atoms with Gasteiger partial charge in [0.15, 0.2) is 0 Å². The summed E-state index contributed by atoms with van der Waals surface area (Å²) < 4.78 is 36.5. The van der Waals surface area contributed by atoms with E-state index in [0.29, 0.717) is 0 Å². The van der Waals surface area contributed by atoms with Crippen molar-refractivity contribution in [1.29, 1.82) is 0 Å². The van der Waals surface area contributed by atoms with Gasteiger partial charge in [-0.3, -0.25) is 4.79 Å². The van der Waals surface area contributed by atoms with Gasteiger partial charge in [0.05, 0.1) is 19.8 Å². The van der Waals surface area contributed by atoms with Gasteiger partial charge in [-0.25, -0.2) is 13.2 Å². The Balaban J connectivity index is 3.27. The number of rotatable bonds is 7. The Morgan fingerprint density at radius 2 is 1.83 bits per heavy atom. The summed E-state index contributed by atoms with van der Waals surface area (Å²) in [7, 11) is -1.71. The molecule has 0 saturated carbocycles. The van der Waals surface area contributed by atoms with Crippen LogP contribution in [0.5, 0.6) is 5.75 Å². The molecule has 1 rings (SSSR count). The van der Waals surface area contributed by atoms with E-state index in [9.17, 15) is 18.0 Å². The highest BCUT2D eigenvalue weighted by Crippen LogP contribution is 2.26. The van der Waals surface area contributed by atoms with Crippen LogP contribution in [-0.2, 0) is 19.6 Å². The second-order valence-electron chi connectivity index (χ2n) is 5.04. The minimum Gasteiger partial charge on any atom is -0.495 e. The molecule has 0 heterocycles. The molecule has 1 aromatic carbocycles. The zero-order valence-corrected chi connectivity index (χ0v) is 14.0. The van der Waals surface area contributed by atoms with Crippen LogP contribution < -0.4 is 9.46 Å². The number of carbonyl (C=O) groups is 2. The molecular formula is C14H19NO7S. The van der Waals surface area contributed by atoms with E-state index in [1.54, 1.807) is 13.8 Å². The number of benzene rings is 1. The fourth-order valence-electron chi connectivity index (χ4n) is 1.84. The molecule has 2 N–H and O–H groups in total. The van der Waals surface area contributed by atoms with Crippen molar-refractivity contribution in [3.05, 3.63) is 23.8 Å². The van der Waals surface area contributed by atoms with E-state index in [1.807, 2.05) is 0 Å². The second-order valence-corrected chi connectivity index (χ2v) is 6.72. The van der Waals surface area contributed by atoms with Crippen LogP contribution in [0.4, 0.5) is 0 Å². The summed E-state index contributed by atoms with van der Waals surface area (Å²) in [6.07, 6.45) is 0. The van der Waals surface area contributed by atoms with E-state index in [0.717, 1.165) is 6.07 Å². The summed E-state index contributed by atoms with van der Waals surface area (Å²) in [5.74, 6) is -2.48. The fraction of sp³-hybridized carbons (Fsp3) is 0.429. The van der Waals surface area contributed by atoms with Crippen LogP contribution >= 0.6 is 0 Å². The number of hydrogen-bond donors (Lipinski definition) is 2. The minimum atomic E-state index is -4.15. The molecule has 0 amide bonds. The molecule has 8 nitrogen and oxygen atoms in total. The van der Waals surface area contributed by atoms with E-state index in [2.05, 4.69) is 9.46 Å². The molecule has 0 bridgehead atoms. The average molecular weight is 345 g/mol. The molecule has 0 spiro atoms. The first-order valence-corrected chi connectivity index (χ1v) is 8.13. The van der Waals surface area contributed by atoms with Crippen LogP contribution in [-0.4, -0.2) is 45.7 Å². The SMILES string of the molecule is COC(=O)c1ccc(S(=O)(=O)N[C@H](C(=O)O)C(C)C)c(OC)c1. The summed E-state index contributed by atoms with van der Waals surface area (Å²) in [4.78, 5) is 22.4. The monoisotopic (exact) mass is 345 g/mol. The van der Waals surface area contributed by atoms with Gasteiger partial charge in [-0.15, -0.1) is 0 Å².